The van der Waals surface area contributed by atoms with Gasteiger partial charge < -0.3 is 9.47 Å². The second-order valence-corrected chi connectivity index (χ2v) is 6.82. The van der Waals surface area contributed by atoms with E-state index in [0.29, 0.717) is 0 Å². The molecule has 0 bridgehead atoms. The maximum atomic E-state index is 4.65. The molecule has 0 unspecified atom stereocenters. The number of hydrogen-bond donors (Lipinski definition) is 0. The molecule has 1 aliphatic rings. The van der Waals surface area contributed by atoms with E-state index in [1.54, 1.807) is 0 Å². The Hall–Kier alpha value is -2.21. The summed E-state index contributed by atoms with van der Waals surface area (Å²) in [6.45, 7) is 4.91. The van der Waals surface area contributed by atoms with Crippen molar-refractivity contribution in [3.63, 3.8) is 0 Å². The van der Waals surface area contributed by atoms with E-state index < -0.39 is 0 Å². The molecule has 0 saturated heterocycles. The summed E-state index contributed by atoms with van der Waals surface area (Å²) >= 11 is 1.50. The minimum Gasteiger partial charge on any atom is -0.340 e. The summed E-state index contributed by atoms with van der Waals surface area (Å²) < 4.78 is 6.71. The van der Waals surface area contributed by atoms with Gasteiger partial charge in [0.1, 0.15) is 5.82 Å². The monoisotopic (exact) mass is 339 g/mol. The Morgan fingerprint density at radius 2 is 2.08 bits per heavy atom. The Labute approximate surface area is 146 Å². The number of aryl methyl sites for hydroxylation is 3. The molecule has 5 nitrogen and oxygen atoms in total. The van der Waals surface area contributed by atoms with Gasteiger partial charge in [0, 0.05) is 43.2 Å². The number of aromatic nitrogens is 4. The Balaban J connectivity index is 1.45. The van der Waals surface area contributed by atoms with Crippen molar-refractivity contribution in [2.75, 3.05) is 11.4 Å². The van der Waals surface area contributed by atoms with Crippen molar-refractivity contribution in [2.24, 2.45) is 0 Å². The van der Waals surface area contributed by atoms with Crippen LogP contribution < -0.4 is 4.90 Å². The van der Waals surface area contributed by atoms with Crippen LogP contribution in [0.15, 0.2) is 36.7 Å². The minimum absolute atomic E-state index is 0.839. The maximum absolute atomic E-state index is 4.65. The third-order valence-corrected chi connectivity index (χ3v) is 5.34. The molecule has 0 amide bonds. The quantitative estimate of drug-likeness (QED) is 0.717. The topological polar surface area (TPSA) is 46.8 Å². The highest BCUT2D eigenvalue weighted by atomic mass is 32.1. The normalized spacial score (nSPS) is 14.0. The lowest BCUT2D eigenvalue weighted by molar-refractivity contribution is 0.624. The van der Waals surface area contributed by atoms with E-state index in [1.165, 1.54) is 28.5 Å². The summed E-state index contributed by atoms with van der Waals surface area (Å²) in [6, 6.07) is 10.6. The summed E-state index contributed by atoms with van der Waals surface area (Å²) in [5, 5.41) is 1.02. The van der Waals surface area contributed by atoms with Gasteiger partial charge in [-0.25, -0.2) is 9.97 Å². The van der Waals surface area contributed by atoms with Gasteiger partial charge in [-0.15, -0.1) is 0 Å². The number of rotatable bonds is 5. The molecule has 0 fully saturated rings. The molecular weight excluding hydrogens is 318 g/mol. The molecule has 0 radical (unpaired) electrons. The average molecular weight is 339 g/mol. The molecule has 124 valence electrons. The van der Waals surface area contributed by atoms with Crippen molar-refractivity contribution in [1.82, 2.24) is 18.9 Å². The predicted octanol–water partition coefficient (Wildman–Crippen LogP) is 3.10. The van der Waals surface area contributed by atoms with E-state index in [2.05, 4.69) is 61.1 Å². The molecule has 6 heteroatoms. The molecule has 0 atom stereocenters. The Bertz CT molecular complexity index is 808. The van der Waals surface area contributed by atoms with Crippen LogP contribution in [-0.2, 0) is 32.4 Å². The second kappa shape index (κ2) is 6.73. The van der Waals surface area contributed by atoms with Gasteiger partial charge in [-0.3, -0.25) is 0 Å². The smallest absolute Gasteiger partial charge is 0.205 e. The number of imidazole rings is 1. The zero-order chi connectivity index (χ0) is 16.4. The lowest BCUT2D eigenvalue weighted by atomic mass is 10.1. The summed E-state index contributed by atoms with van der Waals surface area (Å²) in [6.07, 6.45) is 4.95. The zero-order valence-electron chi connectivity index (χ0n) is 13.9. The van der Waals surface area contributed by atoms with Crippen molar-refractivity contribution in [3.05, 3.63) is 59.4 Å². The Morgan fingerprint density at radius 1 is 1.21 bits per heavy atom. The van der Waals surface area contributed by atoms with Gasteiger partial charge in [0.05, 0.1) is 18.6 Å². The predicted molar refractivity (Wildman–Crippen MR) is 96.4 cm³/mol. The van der Waals surface area contributed by atoms with Gasteiger partial charge in [-0.2, -0.15) is 4.37 Å². The molecular formula is C18H21N5S. The summed E-state index contributed by atoms with van der Waals surface area (Å²) in [5.41, 5.74) is 3.93. The van der Waals surface area contributed by atoms with E-state index in [0.717, 1.165) is 49.9 Å². The van der Waals surface area contributed by atoms with Crippen LogP contribution in [0.25, 0.3) is 0 Å². The highest BCUT2D eigenvalue weighted by Gasteiger charge is 2.23. The van der Waals surface area contributed by atoms with Gasteiger partial charge in [0.25, 0.3) is 0 Å². The van der Waals surface area contributed by atoms with Crippen LogP contribution in [-0.4, -0.2) is 25.5 Å². The van der Waals surface area contributed by atoms with E-state index in [4.69, 9.17) is 0 Å². The van der Waals surface area contributed by atoms with E-state index in [1.807, 2.05) is 6.33 Å². The van der Waals surface area contributed by atoms with E-state index in [-0.39, 0.29) is 0 Å². The standard InChI is InChI=1S/C18H21N5S/c1-2-17-20-18(24-21-17)22-11-9-16-15(12-22)19-13-23(16)10-8-14-6-4-3-5-7-14/h3-7,13H,2,8-12H2,1H3. The molecule has 1 aromatic carbocycles. The molecule has 3 aromatic rings. The fourth-order valence-electron chi connectivity index (χ4n) is 3.14. The first-order valence-electron chi connectivity index (χ1n) is 8.48. The van der Waals surface area contributed by atoms with Gasteiger partial charge in [-0.1, -0.05) is 37.3 Å². The van der Waals surface area contributed by atoms with Crippen LogP contribution in [0.3, 0.4) is 0 Å². The number of benzene rings is 1. The van der Waals surface area contributed by atoms with Gasteiger partial charge >= 0.3 is 0 Å². The van der Waals surface area contributed by atoms with Gasteiger partial charge in [0.2, 0.25) is 5.13 Å². The number of hydrogen-bond acceptors (Lipinski definition) is 5. The van der Waals surface area contributed by atoms with Crippen LogP contribution in [0.2, 0.25) is 0 Å². The highest BCUT2D eigenvalue weighted by molar-refractivity contribution is 7.09. The SMILES string of the molecule is CCc1nsc(N2CCc3c(ncn3CCc3ccccc3)C2)n1. The van der Waals surface area contributed by atoms with Crippen molar-refractivity contribution < 1.29 is 0 Å². The molecule has 24 heavy (non-hydrogen) atoms. The highest BCUT2D eigenvalue weighted by Crippen LogP contribution is 2.25. The zero-order valence-corrected chi connectivity index (χ0v) is 14.7. The van der Waals surface area contributed by atoms with Crippen molar-refractivity contribution >= 4 is 16.7 Å². The third-order valence-electron chi connectivity index (χ3n) is 4.52. The van der Waals surface area contributed by atoms with Crippen LogP contribution in [0, 0.1) is 0 Å². The molecule has 0 spiro atoms. The minimum atomic E-state index is 0.839. The summed E-state index contributed by atoms with van der Waals surface area (Å²) in [7, 11) is 0. The maximum Gasteiger partial charge on any atom is 0.205 e. The molecule has 1 aliphatic heterocycles. The molecule has 0 aliphatic carbocycles. The van der Waals surface area contributed by atoms with Crippen LogP contribution in [0.1, 0.15) is 29.7 Å². The fraction of sp³-hybridized carbons (Fsp3) is 0.389. The van der Waals surface area contributed by atoms with Crippen LogP contribution in [0.5, 0.6) is 0 Å². The van der Waals surface area contributed by atoms with Crippen molar-refractivity contribution in [1.29, 1.82) is 0 Å². The average Bonchev–Trinajstić information content (AvgIpc) is 3.27. The number of nitrogens with zero attached hydrogens (tertiary/aromatic N) is 5. The van der Waals surface area contributed by atoms with Crippen LogP contribution in [0.4, 0.5) is 5.13 Å². The number of anilines is 1. The Kier molecular flexibility index (Phi) is 4.30. The molecule has 3 heterocycles. The lowest BCUT2D eigenvalue weighted by Gasteiger charge is -2.26. The molecule has 0 N–H and O–H groups in total. The summed E-state index contributed by atoms with van der Waals surface area (Å²) in [5.74, 6) is 0.939. The first-order valence-corrected chi connectivity index (χ1v) is 9.25. The van der Waals surface area contributed by atoms with Gasteiger partial charge in [-0.05, 0) is 12.0 Å². The first kappa shape index (κ1) is 15.3. The summed E-state index contributed by atoms with van der Waals surface area (Å²) in [4.78, 5) is 11.6. The lowest BCUT2D eigenvalue weighted by Crippen LogP contribution is -2.31. The molecule has 4 rings (SSSR count). The van der Waals surface area contributed by atoms with Crippen molar-refractivity contribution in [3.8, 4) is 0 Å². The first-order chi connectivity index (χ1) is 11.8. The fourth-order valence-corrected chi connectivity index (χ4v) is 3.91. The Morgan fingerprint density at radius 3 is 2.88 bits per heavy atom. The second-order valence-electron chi connectivity index (χ2n) is 6.09. The third kappa shape index (κ3) is 3.06. The largest absolute Gasteiger partial charge is 0.340 e. The van der Waals surface area contributed by atoms with E-state index >= 15 is 0 Å². The molecule has 2 aromatic heterocycles. The van der Waals surface area contributed by atoms with Crippen LogP contribution >= 0.6 is 11.5 Å². The van der Waals surface area contributed by atoms with Gasteiger partial charge in [0.15, 0.2) is 0 Å². The van der Waals surface area contributed by atoms with Crippen molar-refractivity contribution in [2.45, 2.75) is 39.3 Å². The number of fused-ring (bicyclic) bond motifs is 1. The molecule has 0 saturated carbocycles. The van der Waals surface area contributed by atoms with E-state index in [9.17, 15) is 0 Å².